The van der Waals surface area contributed by atoms with Gasteiger partial charge >= 0.3 is 0 Å². The van der Waals surface area contributed by atoms with Crippen molar-refractivity contribution < 1.29 is 0 Å². The number of H-pyrrole nitrogens is 2. The Morgan fingerprint density at radius 2 is 1.89 bits per heavy atom. The average molecular weight is 502 g/mol. The van der Waals surface area contributed by atoms with Crippen molar-refractivity contribution >= 4 is 27.5 Å². The molecular weight excluding hydrogens is 470 g/mol. The van der Waals surface area contributed by atoms with E-state index in [2.05, 4.69) is 81.8 Å². The maximum atomic E-state index is 4.94. The first-order valence-electron chi connectivity index (χ1n) is 12.6. The number of hydrogen-bond donors (Lipinski definition) is 3. The van der Waals surface area contributed by atoms with Gasteiger partial charge in [-0.05, 0) is 72.4 Å². The molecule has 3 N–H and O–H groups in total. The molecule has 7 heteroatoms. The molecule has 0 radical (unpaired) electrons. The summed E-state index contributed by atoms with van der Waals surface area (Å²) in [6, 6.07) is 10.2. The maximum absolute atomic E-state index is 4.94. The Hall–Kier alpha value is -4.78. The Bertz CT molecular complexity index is 1680. The number of aromatic nitrogens is 6. The molecule has 0 aliphatic heterocycles. The monoisotopic (exact) mass is 501 g/mol. The van der Waals surface area contributed by atoms with Crippen molar-refractivity contribution in [2.24, 2.45) is 5.92 Å². The highest BCUT2D eigenvalue weighted by Gasteiger charge is 2.16. The number of rotatable bonds is 9. The van der Waals surface area contributed by atoms with Gasteiger partial charge in [0.2, 0.25) is 0 Å². The number of imidazole rings is 1. The molecule has 0 saturated heterocycles. The van der Waals surface area contributed by atoms with Crippen LogP contribution in [0.15, 0.2) is 97.9 Å². The number of aromatic amines is 2. The summed E-state index contributed by atoms with van der Waals surface area (Å²) < 4.78 is 0. The van der Waals surface area contributed by atoms with E-state index in [1.54, 1.807) is 18.6 Å². The summed E-state index contributed by atoms with van der Waals surface area (Å²) in [7, 11) is 0. The molecule has 4 heterocycles. The second kappa shape index (κ2) is 10.7. The highest BCUT2D eigenvalue weighted by atomic mass is 15.1. The summed E-state index contributed by atoms with van der Waals surface area (Å²) >= 11 is 0. The van der Waals surface area contributed by atoms with E-state index < -0.39 is 0 Å². The predicted octanol–water partition coefficient (Wildman–Crippen LogP) is 7.19. The molecule has 0 atom stereocenters. The molecule has 0 saturated carbocycles. The van der Waals surface area contributed by atoms with E-state index in [-0.39, 0.29) is 0 Å². The van der Waals surface area contributed by atoms with Crippen LogP contribution in [-0.4, -0.2) is 30.1 Å². The molecule has 0 spiro atoms. The van der Waals surface area contributed by atoms with Crippen LogP contribution in [-0.2, 0) is 0 Å². The second-order valence-electron chi connectivity index (χ2n) is 9.61. The number of allylic oxidation sites excluding steroid dienone is 5. The first-order chi connectivity index (χ1) is 18.5. The first kappa shape index (κ1) is 24.9. The van der Waals surface area contributed by atoms with Crippen LogP contribution >= 0.6 is 0 Å². The van der Waals surface area contributed by atoms with Crippen molar-refractivity contribution in [3.63, 3.8) is 0 Å². The van der Waals surface area contributed by atoms with E-state index in [0.717, 1.165) is 67.7 Å². The SMILES string of the molecule is C=C/C(=C\C(=C/C)c1ccc2[nH]nc(-c3nc4c(-c5ccncc5)cncc4[nH]3)c2c1)NC(=C)CC(C)C. The molecule has 0 aliphatic carbocycles. The van der Waals surface area contributed by atoms with Crippen molar-refractivity contribution in [2.45, 2.75) is 27.2 Å². The summed E-state index contributed by atoms with van der Waals surface area (Å²) in [6.07, 6.45) is 14.1. The zero-order valence-corrected chi connectivity index (χ0v) is 21.9. The number of fused-ring (bicyclic) bond motifs is 2. The lowest BCUT2D eigenvalue weighted by atomic mass is 10.0. The van der Waals surface area contributed by atoms with E-state index >= 15 is 0 Å². The molecule has 190 valence electrons. The fourth-order valence-electron chi connectivity index (χ4n) is 4.56. The summed E-state index contributed by atoms with van der Waals surface area (Å²) in [5, 5.41) is 12.1. The van der Waals surface area contributed by atoms with Crippen LogP contribution in [0.25, 0.3) is 50.2 Å². The topological polar surface area (TPSA) is 95.2 Å². The summed E-state index contributed by atoms with van der Waals surface area (Å²) in [5.74, 6) is 1.21. The number of nitrogens with zero attached hydrogens (tertiary/aromatic N) is 4. The number of pyridine rings is 2. The zero-order chi connectivity index (χ0) is 26.6. The molecule has 1 aromatic carbocycles. The van der Waals surface area contributed by atoms with Crippen molar-refractivity contribution in [3.05, 3.63) is 103 Å². The van der Waals surface area contributed by atoms with Crippen LogP contribution in [0.3, 0.4) is 0 Å². The van der Waals surface area contributed by atoms with Crippen LogP contribution in [0, 0.1) is 5.92 Å². The van der Waals surface area contributed by atoms with Crippen molar-refractivity contribution in [3.8, 4) is 22.6 Å². The number of benzene rings is 1. The molecule has 0 aliphatic rings. The third-order valence-corrected chi connectivity index (χ3v) is 6.32. The van der Waals surface area contributed by atoms with Gasteiger partial charge in [-0.1, -0.05) is 39.1 Å². The van der Waals surface area contributed by atoms with E-state index in [0.29, 0.717) is 11.7 Å². The molecule has 7 nitrogen and oxygen atoms in total. The summed E-state index contributed by atoms with van der Waals surface area (Å²) in [4.78, 5) is 16.9. The van der Waals surface area contributed by atoms with Crippen LogP contribution in [0.5, 0.6) is 0 Å². The quantitative estimate of drug-likeness (QED) is 0.186. The van der Waals surface area contributed by atoms with Gasteiger partial charge in [0.15, 0.2) is 5.82 Å². The van der Waals surface area contributed by atoms with Gasteiger partial charge in [-0.15, -0.1) is 0 Å². The summed E-state index contributed by atoms with van der Waals surface area (Å²) in [6.45, 7) is 14.5. The summed E-state index contributed by atoms with van der Waals surface area (Å²) in [5.41, 5.74) is 9.34. The van der Waals surface area contributed by atoms with Crippen LogP contribution in [0.2, 0.25) is 0 Å². The molecule has 0 bridgehead atoms. The van der Waals surface area contributed by atoms with E-state index in [1.165, 1.54) is 0 Å². The fraction of sp³-hybridized carbons (Fsp3) is 0.161. The van der Waals surface area contributed by atoms with Crippen molar-refractivity contribution in [2.75, 3.05) is 0 Å². The predicted molar refractivity (Wildman–Crippen MR) is 156 cm³/mol. The van der Waals surface area contributed by atoms with Gasteiger partial charge < -0.3 is 10.3 Å². The Kier molecular flexibility index (Phi) is 7.00. The van der Waals surface area contributed by atoms with Gasteiger partial charge in [0.1, 0.15) is 5.69 Å². The van der Waals surface area contributed by atoms with Gasteiger partial charge in [-0.25, -0.2) is 4.98 Å². The average Bonchev–Trinajstić information content (AvgIpc) is 3.54. The first-order valence-corrected chi connectivity index (χ1v) is 12.6. The minimum Gasteiger partial charge on any atom is -0.359 e. The standard InChI is InChI=1S/C31H31N7/c1-6-21(15-24(7-2)34-20(5)14-19(3)4)23-8-9-27-25(16-23)30(38-37-27)31-35-28-18-33-17-26(29(28)36-31)22-10-12-32-13-11-22/h6-13,15-19,34H,2,5,14H2,1,3-4H3,(H,35,36)(H,37,38)/b21-6+,24-15+. The third-order valence-electron chi connectivity index (χ3n) is 6.32. The van der Waals surface area contributed by atoms with E-state index in [9.17, 15) is 0 Å². The highest BCUT2D eigenvalue weighted by Crippen LogP contribution is 2.32. The number of hydrogen-bond acceptors (Lipinski definition) is 5. The Morgan fingerprint density at radius 1 is 1.08 bits per heavy atom. The van der Waals surface area contributed by atoms with Gasteiger partial charge in [-0.2, -0.15) is 5.10 Å². The maximum Gasteiger partial charge on any atom is 0.159 e. The number of nitrogens with one attached hydrogen (secondary N) is 3. The Morgan fingerprint density at radius 3 is 2.63 bits per heavy atom. The Balaban J connectivity index is 1.53. The molecule has 5 rings (SSSR count). The van der Waals surface area contributed by atoms with Crippen LogP contribution in [0.4, 0.5) is 0 Å². The minimum absolute atomic E-state index is 0.527. The molecule has 38 heavy (non-hydrogen) atoms. The zero-order valence-electron chi connectivity index (χ0n) is 21.9. The smallest absolute Gasteiger partial charge is 0.159 e. The second-order valence-corrected chi connectivity index (χ2v) is 9.61. The van der Waals surface area contributed by atoms with Crippen molar-refractivity contribution in [1.29, 1.82) is 0 Å². The molecule has 4 aromatic heterocycles. The minimum atomic E-state index is 0.527. The van der Waals surface area contributed by atoms with E-state index in [4.69, 9.17) is 4.98 Å². The third kappa shape index (κ3) is 5.04. The lowest BCUT2D eigenvalue weighted by molar-refractivity contribution is 0.622. The molecule has 0 fully saturated rings. The van der Waals surface area contributed by atoms with Crippen molar-refractivity contribution in [1.82, 2.24) is 35.5 Å². The molecular formula is C31H31N7. The molecule has 0 unspecified atom stereocenters. The van der Waals surface area contributed by atoms with Crippen LogP contribution < -0.4 is 5.32 Å². The van der Waals surface area contributed by atoms with Gasteiger partial charge in [0.05, 0.1) is 22.7 Å². The van der Waals surface area contributed by atoms with Gasteiger partial charge in [0.25, 0.3) is 0 Å². The van der Waals surface area contributed by atoms with Crippen LogP contribution in [0.1, 0.15) is 32.8 Å². The Labute approximate surface area is 222 Å². The van der Waals surface area contributed by atoms with E-state index in [1.807, 2.05) is 37.4 Å². The van der Waals surface area contributed by atoms with Gasteiger partial charge in [0, 0.05) is 40.9 Å². The largest absolute Gasteiger partial charge is 0.359 e. The molecule has 5 aromatic rings. The highest BCUT2D eigenvalue weighted by molar-refractivity contribution is 5.98. The lowest BCUT2D eigenvalue weighted by Gasteiger charge is -2.13. The van der Waals surface area contributed by atoms with Gasteiger partial charge in [-0.3, -0.25) is 15.1 Å². The lowest BCUT2D eigenvalue weighted by Crippen LogP contribution is -2.12. The normalized spacial score (nSPS) is 12.4. The fourth-order valence-corrected chi connectivity index (χ4v) is 4.56. The molecule has 0 amide bonds.